The highest BCUT2D eigenvalue weighted by Gasteiger charge is 2.64. The molecule has 1 heterocycles. The van der Waals surface area contributed by atoms with Crippen LogP contribution in [0.3, 0.4) is 0 Å². The van der Waals surface area contributed by atoms with Gasteiger partial charge in [-0.3, -0.25) is 0 Å². The first kappa shape index (κ1) is 20.2. The van der Waals surface area contributed by atoms with Gasteiger partial charge in [-0.25, -0.2) is 0 Å². The van der Waals surface area contributed by atoms with Crippen molar-refractivity contribution in [1.82, 2.24) is 0 Å². The zero-order valence-electron chi connectivity index (χ0n) is 17.9. The standard InChI is InChI=1S/C25H36O3S/c1-23-9-5-19(28-13-12-26)15-17(23)3-4-20-21(23)6-10-24(2)22(20)7-11-25(24,27)18-8-14-29-16-18/h3,8,14,16,19-22,26-27H,4-7,9-13,15H2,1-2H3/t19-,20+,21-,22-,23-,24-,25+/m0/s1. The summed E-state index contributed by atoms with van der Waals surface area (Å²) in [5.74, 6) is 2.05. The Morgan fingerprint density at radius 1 is 1.14 bits per heavy atom. The topological polar surface area (TPSA) is 49.7 Å². The lowest BCUT2D eigenvalue weighted by Gasteiger charge is -2.59. The van der Waals surface area contributed by atoms with Crippen LogP contribution >= 0.6 is 11.3 Å². The molecule has 0 aliphatic heterocycles. The first-order valence-corrected chi connectivity index (χ1v) is 12.5. The molecule has 0 bridgehead atoms. The Hall–Kier alpha value is -0.680. The second-order valence-corrected chi connectivity index (χ2v) is 11.4. The van der Waals surface area contributed by atoms with Gasteiger partial charge >= 0.3 is 0 Å². The van der Waals surface area contributed by atoms with Gasteiger partial charge in [0.1, 0.15) is 0 Å². The van der Waals surface area contributed by atoms with Crippen molar-refractivity contribution in [3.63, 3.8) is 0 Å². The zero-order valence-corrected chi connectivity index (χ0v) is 18.7. The van der Waals surface area contributed by atoms with Crippen molar-refractivity contribution in [2.24, 2.45) is 28.6 Å². The maximum absolute atomic E-state index is 11.9. The predicted octanol–water partition coefficient (Wildman–Crippen LogP) is 5.28. The van der Waals surface area contributed by atoms with E-state index in [9.17, 15) is 5.11 Å². The maximum Gasteiger partial charge on any atom is 0.0960 e. The van der Waals surface area contributed by atoms with Gasteiger partial charge in [0.05, 0.1) is 24.9 Å². The average Bonchev–Trinajstić information content (AvgIpc) is 3.34. The number of aliphatic hydroxyl groups excluding tert-OH is 1. The van der Waals surface area contributed by atoms with Crippen molar-refractivity contribution in [3.05, 3.63) is 34.0 Å². The molecule has 0 unspecified atom stereocenters. The van der Waals surface area contributed by atoms with E-state index in [0.717, 1.165) is 43.6 Å². The molecular formula is C25H36O3S. The minimum Gasteiger partial charge on any atom is -0.394 e. The monoisotopic (exact) mass is 416 g/mol. The summed E-state index contributed by atoms with van der Waals surface area (Å²) >= 11 is 1.71. The number of rotatable bonds is 4. The fourth-order valence-electron chi connectivity index (χ4n) is 7.98. The molecule has 4 aliphatic carbocycles. The van der Waals surface area contributed by atoms with Gasteiger partial charge in [-0.05, 0) is 96.9 Å². The number of fused-ring (bicyclic) bond motifs is 5. The maximum atomic E-state index is 11.9. The van der Waals surface area contributed by atoms with Crippen LogP contribution in [0.1, 0.15) is 70.8 Å². The molecule has 7 atom stereocenters. The third kappa shape index (κ3) is 2.86. The van der Waals surface area contributed by atoms with Crippen LogP contribution in [0.4, 0.5) is 0 Å². The molecule has 4 aliphatic rings. The number of hydrogen-bond donors (Lipinski definition) is 2. The molecule has 1 aromatic heterocycles. The Morgan fingerprint density at radius 3 is 2.72 bits per heavy atom. The molecule has 0 amide bonds. The van der Waals surface area contributed by atoms with E-state index in [-0.39, 0.29) is 18.1 Å². The van der Waals surface area contributed by atoms with E-state index >= 15 is 0 Å². The Labute approximate surface area is 179 Å². The van der Waals surface area contributed by atoms with Gasteiger partial charge in [0.15, 0.2) is 0 Å². The molecule has 1 aromatic rings. The average molecular weight is 417 g/mol. The number of aliphatic hydroxyl groups is 2. The molecule has 3 nitrogen and oxygen atoms in total. The Morgan fingerprint density at radius 2 is 1.97 bits per heavy atom. The summed E-state index contributed by atoms with van der Waals surface area (Å²) in [5, 5.41) is 25.3. The van der Waals surface area contributed by atoms with Crippen LogP contribution in [0.25, 0.3) is 0 Å². The summed E-state index contributed by atoms with van der Waals surface area (Å²) in [4.78, 5) is 0. The van der Waals surface area contributed by atoms with E-state index in [0.29, 0.717) is 23.9 Å². The molecule has 0 aromatic carbocycles. The SMILES string of the molecule is C[C@]12CC[C@H](OCCO)CC1=CC[C@@H]1[C@@H]2CC[C@@]2(C)[C@H]1CC[C@@]2(O)c1ccsc1. The van der Waals surface area contributed by atoms with E-state index in [4.69, 9.17) is 9.84 Å². The molecule has 160 valence electrons. The van der Waals surface area contributed by atoms with E-state index in [1.54, 1.807) is 16.9 Å². The Bertz CT molecular complexity index is 773. The molecular weight excluding hydrogens is 380 g/mol. The fourth-order valence-corrected chi connectivity index (χ4v) is 8.70. The molecule has 29 heavy (non-hydrogen) atoms. The van der Waals surface area contributed by atoms with Crippen LogP contribution < -0.4 is 0 Å². The number of allylic oxidation sites excluding steroid dienone is 1. The third-order valence-corrected chi connectivity index (χ3v) is 10.3. The highest BCUT2D eigenvalue weighted by atomic mass is 32.1. The summed E-state index contributed by atoms with van der Waals surface area (Å²) < 4.78 is 5.89. The van der Waals surface area contributed by atoms with E-state index < -0.39 is 5.60 Å². The third-order valence-electron chi connectivity index (χ3n) is 9.65. The molecule has 5 rings (SSSR count). The molecule has 2 N–H and O–H groups in total. The van der Waals surface area contributed by atoms with E-state index in [1.807, 2.05) is 0 Å². The Kier molecular flexibility index (Phi) is 5.01. The lowest BCUT2D eigenvalue weighted by Crippen LogP contribution is -2.53. The molecule has 0 saturated heterocycles. The van der Waals surface area contributed by atoms with Crippen molar-refractivity contribution in [2.45, 2.75) is 76.9 Å². The van der Waals surface area contributed by atoms with E-state index in [1.165, 1.54) is 19.3 Å². The van der Waals surface area contributed by atoms with E-state index in [2.05, 4.69) is 36.7 Å². The van der Waals surface area contributed by atoms with Crippen molar-refractivity contribution in [2.75, 3.05) is 13.2 Å². The number of thiophene rings is 1. The fraction of sp³-hybridized carbons (Fsp3) is 0.760. The smallest absolute Gasteiger partial charge is 0.0960 e. The highest BCUT2D eigenvalue weighted by molar-refractivity contribution is 7.08. The van der Waals surface area contributed by atoms with Gasteiger partial charge in [-0.2, -0.15) is 11.3 Å². The van der Waals surface area contributed by atoms with Gasteiger partial charge < -0.3 is 14.9 Å². The lowest BCUT2D eigenvalue weighted by molar-refractivity contribution is -0.130. The Balaban J connectivity index is 1.41. The molecule has 3 fully saturated rings. The minimum atomic E-state index is -0.649. The lowest BCUT2D eigenvalue weighted by atomic mass is 9.46. The van der Waals surface area contributed by atoms with Crippen molar-refractivity contribution >= 4 is 11.3 Å². The van der Waals surface area contributed by atoms with Crippen molar-refractivity contribution in [1.29, 1.82) is 0 Å². The van der Waals surface area contributed by atoms with Crippen LogP contribution in [0, 0.1) is 28.6 Å². The second-order valence-electron chi connectivity index (χ2n) is 10.6. The van der Waals surface area contributed by atoms with Crippen LogP contribution in [0.2, 0.25) is 0 Å². The molecule has 3 saturated carbocycles. The summed E-state index contributed by atoms with van der Waals surface area (Å²) in [5.41, 5.74) is 2.42. The molecule has 4 heteroatoms. The summed E-state index contributed by atoms with van der Waals surface area (Å²) in [6, 6.07) is 2.15. The summed E-state index contributed by atoms with van der Waals surface area (Å²) in [7, 11) is 0. The largest absolute Gasteiger partial charge is 0.394 e. The van der Waals surface area contributed by atoms with Crippen LogP contribution in [0.15, 0.2) is 28.5 Å². The van der Waals surface area contributed by atoms with Gasteiger partial charge in [0.25, 0.3) is 0 Å². The number of ether oxygens (including phenoxy) is 1. The predicted molar refractivity (Wildman–Crippen MR) is 117 cm³/mol. The first-order valence-electron chi connectivity index (χ1n) is 11.6. The summed E-state index contributed by atoms with van der Waals surface area (Å²) in [6.45, 7) is 5.48. The second kappa shape index (κ2) is 7.19. The summed E-state index contributed by atoms with van der Waals surface area (Å²) in [6.07, 6.45) is 11.8. The van der Waals surface area contributed by atoms with Crippen molar-refractivity contribution in [3.8, 4) is 0 Å². The van der Waals surface area contributed by atoms with Crippen molar-refractivity contribution < 1.29 is 14.9 Å². The van der Waals surface area contributed by atoms with Crippen LogP contribution in [0.5, 0.6) is 0 Å². The van der Waals surface area contributed by atoms with Gasteiger partial charge in [-0.1, -0.05) is 25.5 Å². The minimum absolute atomic E-state index is 0.00160. The number of hydrogen-bond acceptors (Lipinski definition) is 4. The quantitative estimate of drug-likeness (QED) is 0.657. The highest BCUT2D eigenvalue weighted by Crippen LogP contribution is 2.69. The first-order chi connectivity index (χ1) is 13.9. The zero-order chi connectivity index (χ0) is 20.3. The van der Waals surface area contributed by atoms with Gasteiger partial charge in [-0.15, -0.1) is 0 Å². The normalized spacial score (nSPS) is 46.6. The van der Waals surface area contributed by atoms with Gasteiger partial charge in [0.2, 0.25) is 0 Å². The van der Waals surface area contributed by atoms with Crippen LogP contribution in [-0.4, -0.2) is 29.5 Å². The molecule has 0 spiro atoms. The molecule has 0 radical (unpaired) electrons. The van der Waals surface area contributed by atoms with Gasteiger partial charge in [0, 0.05) is 5.41 Å². The van der Waals surface area contributed by atoms with Crippen LogP contribution in [-0.2, 0) is 10.3 Å².